The van der Waals surface area contributed by atoms with Crippen LogP contribution in [0.5, 0.6) is 11.6 Å². The highest BCUT2D eigenvalue weighted by Crippen LogP contribution is 2.25. The van der Waals surface area contributed by atoms with Crippen molar-refractivity contribution in [2.45, 2.75) is 13.3 Å². The van der Waals surface area contributed by atoms with Crippen molar-refractivity contribution in [3.63, 3.8) is 0 Å². The zero-order valence-electron chi connectivity index (χ0n) is 11.6. The van der Waals surface area contributed by atoms with Gasteiger partial charge < -0.3 is 9.47 Å². The quantitative estimate of drug-likeness (QED) is 0.757. The molecule has 0 spiro atoms. The number of hydrogen-bond acceptors (Lipinski definition) is 4. The Morgan fingerprint density at radius 3 is 2.65 bits per heavy atom. The van der Waals surface area contributed by atoms with E-state index in [-0.39, 0.29) is 5.78 Å². The number of nitrogens with zero attached hydrogens (tertiary/aromatic N) is 1. The van der Waals surface area contributed by atoms with Crippen molar-refractivity contribution in [3.8, 4) is 11.6 Å². The number of ketones is 1. The minimum absolute atomic E-state index is 0.151. The number of pyridine rings is 1. The first-order valence-corrected chi connectivity index (χ1v) is 6.53. The summed E-state index contributed by atoms with van der Waals surface area (Å²) in [6.07, 6.45) is 2.48. The number of carbonyl (C=O) groups is 1. The van der Waals surface area contributed by atoms with E-state index in [0.717, 1.165) is 6.42 Å². The molecule has 1 aromatic carbocycles. The Morgan fingerprint density at radius 1 is 1.15 bits per heavy atom. The van der Waals surface area contributed by atoms with Crippen LogP contribution in [0, 0.1) is 0 Å². The first-order chi connectivity index (χ1) is 9.77. The first-order valence-electron chi connectivity index (χ1n) is 6.53. The van der Waals surface area contributed by atoms with Crippen molar-refractivity contribution in [2.24, 2.45) is 0 Å². The zero-order chi connectivity index (χ0) is 14.4. The van der Waals surface area contributed by atoms with Crippen LogP contribution in [0.2, 0.25) is 0 Å². The fourth-order valence-corrected chi connectivity index (χ4v) is 1.86. The van der Waals surface area contributed by atoms with Gasteiger partial charge in [0.25, 0.3) is 0 Å². The van der Waals surface area contributed by atoms with Crippen molar-refractivity contribution in [1.29, 1.82) is 0 Å². The van der Waals surface area contributed by atoms with Gasteiger partial charge in [-0.1, -0.05) is 19.1 Å². The fraction of sp³-hybridized carbons (Fsp3) is 0.250. The third kappa shape index (κ3) is 2.96. The lowest BCUT2D eigenvalue weighted by molar-refractivity contribution is 0.103. The number of methoxy groups -OCH3 is 1. The molecule has 2 rings (SSSR count). The van der Waals surface area contributed by atoms with Crippen molar-refractivity contribution >= 4 is 5.78 Å². The number of carbonyl (C=O) groups excluding carboxylic acids is 1. The van der Waals surface area contributed by atoms with E-state index in [1.165, 1.54) is 7.11 Å². The van der Waals surface area contributed by atoms with E-state index in [4.69, 9.17) is 9.47 Å². The van der Waals surface area contributed by atoms with Crippen molar-refractivity contribution in [3.05, 3.63) is 53.7 Å². The molecule has 0 N–H and O–H groups in total. The molecule has 0 saturated carbocycles. The molecule has 4 nitrogen and oxygen atoms in total. The molecule has 0 radical (unpaired) electrons. The summed E-state index contributed by atoms with van der Waals surface area (Å²) in [5.74, 6) is 0.759. The van der Waals surface area contributed by atoms with Gasteiger partial charge in [0.15, 0.2) is 0 Å². The summed E-state index contributed by atoms with van der Waals surface area (Å²) < 4.78 is 10.8. The van der Waals surface area contributed by atoms with Gasteiger partial charge in [-0.3, -0.25) is 4.79 Å². The van der Waals surface area contributed by atoms with Gasteiger partial charge in [0.05, 0.1) is 24.8 Å². The summed E-state index contributed by atoms with van der Waals surface area (Å²) in [6.45, 7) is 2.60. The standard InChI is InChI=1S/C16H17NO3/c1-3-11-20-14-9-5-4-7-12(14)15(18)13-8-6-10-17-16(13)19-2/h4-10H,3,11H2,1-2H3. The molecular formula is C16H17NO3. The summed E-state index contributed by atoms with van der Waals surface area (Å²) >= 11 is 0. The maximum absolute atomic E-state index is 12.6. The molecule has 0 aliphatic carbocycles. The molecular weight excluding hydrogens is 254 g/mol. The molecule has 0 unspecified atom stereocenters. The van der Waals surface area contributed by atoms with E-state index in [9.17, 15) is 4.79 Å². The maximum atomic E-state index is 12.6. The van der Waals surface area contributed by atoms with E-state index in [1.54, 1.807) is 30.5 Å². The second-order valence-electron chi connectivity index (χ2n) is 4.23. The number of benzene rings is 1. The molecule has 0 fully saturated rings. The van der Waals surface area contributed by atoms with Crippen LogP contribution in [0.15, 0.2) is 42.6 Å². The SMILES string of the molecule is CCCOc1ccccc1C(=O)c1cccnc1OC. The molecule has 0 atom stereocenters. The number of rotatable bonds is 6. The van der Waals surface area contributed by atoms with E-state index in [0.29, 0.717) is 29.4 Å². The number of hydrogen-bond donors (Lipinski definition) is 0. The molecule has 0 amide bonds. The molecule has 0 saturated heterocycles. The van der Waals surface area contributed by atoms with Crippen LogP contribution in [-0.2, 0) is 0 Å². The summed E-state index contributed by atoms with van der Waals surface area (Å²) in [5, 5.41) is 0. The van der Waals surface area contributed by atoms with Crippen LogP contribution in [0.1, 0.15) is 29.3 Å². The Morgan fingerprint density at radius 2 is 1.90 bits per heavy atom. The van der Waals surface area contributed by atoms with Gasteiger partial charge in [0.1, 0.15) is 5.75 Å². The largest absolute Gasteiger partial charge is 0.493 e. The first kappa shape index (κ1) is 14.1. The van der Waals surface area contributed by atoms with E-state index < -0.39 is 0 Å². The maximum Gasteiger partial charge on any atom is 0.224 e. The lowest BCUT2D eigenvalue weighted by Gasteiger charge is -2.11. The van der Waals surface area contributed by atoms with Crippen LogP contribution >= 0.6 is 0 Å². The summed E-state index contributed by atoms with van der Waals surface area (Å²) in [6, 6.07) is 10.6. The van der Waals surface area contributed by atoms with Crippen LogP contribution < -0.4 is 9.47 Å². The summed E-state index contributed by atoms with van der Waals surface area (Å²) in [4.78, 5) is 16.7. The van der Waals surface area contributed by atoms with Gasteiger partial charge in [-0.05, 0) is 30.7 Å². The third-order valence-electron chi connectivity index (χ3n) is 2.80. The van der Waals surface area contributed by atoms with E-state index >= 15 is 0 Å². The van der Waals surface area contributed by atoms with Gasteiger partial charge in [-0.2, -0.15) is 0 Å². The van der Waals surface area contributed by atoms with Gasteiger partial charge >= 0.3 is 0 Å². The molecule has 104 valence electrons. The average Bonchev–Trinajstić information content (AvgIpc) is 2.52. The highest BCUT2D eigenvalue weighted by atomic mass is 16.5. The Bertz CT molecular complexity index is 596. The topological polar surface area (TPSA) is 48.4 Å². The predicted octanol–water partition coefficient (Wildman–Crippen LogP) is 3.11. The van der Waals surface area contributed by atoms with Crippen LogP contribution in [0.4, 0.5) is 0 Å². The molecule has 2 aromatic rings. The van der Waals surface area contributed by atoms with E-state index in [1.807, 2.05) is 19.1 Å². The lowest BCUT2D eigenvalue weighted by atomic mass is 10.0. The molecule has 4 heteroatoms. The van der Waals surface area contributed by atoms with Crippen LogP contribution in [-0.4, -0.2) is 24.5 Å². The van der Waals surface area contributed by atoms with Crippen molar-refractivity contribution in [2.75, 3.05) is 13.7 Å². The molecule has 1 heterocycles. The lowest BCUT2D eigenvalue weighted by Crippen LogP contribution is -2.08. The number of aromatic nitrogens is 1. The summed E-state index contributed by atoms with van der Waals surface area (Å²) in [5.41, 5.74) is 0.954. The highest BCUT2D eigenvalue weighted by Gasteiger charge is 2.18. The molecule has 0 bridgehead atoms. The molecule has 1 aromatic heterocycles. The molecule has 0 aliphatic heterocycles. The number of para-hydroxylation sites is 1. The fourth-order valence-electron chi connectivity index (χ4n) is 1.86. The van der Waals surface area contributed by atoms with Crippen molar-refractivity contribution in [1.82, 2.24) is 4.98 Å². The smallest absolute Gasteiger partial charge is 0.224 e. The Labute approximate surface area is 118 Å². The Balaban J connectivity index is 2.38. The number of ether oxygens (including phenoxy) is 2. The minimum Gasteiger partial charge on any atom is -0.493 e. The minimum atomic E-state index is -0.151. The van der Waals surface area contributed by atoms with Gasteiger partial charge in [-0.15, -0.1) is 0 Å². The monoisotopic (exact) mass is 271 g/mol. The summed E-state index contributed by atoms with van der Waals surface area (Å²) in [7, 11) is 1.50. The normalized spacial score (nSPS) is 10.1. The van der Waals surface area contributed by atoms with Gasteiger partial charge in [-0.25, -0.2) is 4.98 Å². The molecule has 0 aliphatic rings. The predicted molar refractivity (Wildman–Crippen MR) is 76.4 cm³/mol. The van der Waals surface area contributed by atoms with E-state index in [2.05, 4.69) is 4.98 Å². The zero-order valence-corrected chi connectivity index (χ0v) is 11.6. The Hall–Kier alpha value is -2.36. The van der Waals surface area contributed by atoms with Crippen molar-refractivity contribution < 1.29 is 14.3 Å². The van der Waals surface area contributed by atoms with Crippen LogP contribution in [0.3, 0.4) is 0 Å². The van der Waals surface area contributed by atoms with Crippen LogP contribution in [0.25, 0.3) is 0 Å². The van der Waals surface area contributed by atoms with Gasteiger partial charge in [0.2, 0.25) is 11.7 Å². The van der Waals surface area contributed by atoms with Gasteiger partial charge in [0, 0.05) is 6.20 Å². The Kier molecular flexibility index (Phi) is 4.71. The second-order valence-corrected chi connectivity index (χ2v) is 4.23. The second kappa shape index (κ2) is 6.70. The molecule has 20 heavy (non-hydrogen) atoms. The highest BCUT2D eigenvalue weighted by molar-refractivity contribution is 6.12. The third-order valence-corrected chi connectivity index (χ3v) is 2.80. The average molecular weight is 271 g/mol.